The van der Waals surface area contributed by atoms with E-state index in [1.54, 1.807) is 14.1 Å². The summed E-state index contributed by atoms with van der Waals surface area (Å²) in [6.07, 6.45) is 0. The van der Waals surface area contributed by atoms with Crippen molar-refractivity contribution in [3.05, 3.63) is 23.8 Å². The highest BCUT2D eigenvalue weighted by molar-refractivity contribution is 7.89. The number of hydrogen-bond donors (Lipinski definition) is 1. The molecule has 0 fully saturated rings. The highest BCUT2D eigenvalue weighted by Gasteiger charge is 2.32. The number of hydrogen-bond acceptors (Lipinski definition) is 4. The molecule has 0 spiro atoms. The first-order chi connectivity index (χ1) is 8.30. The Kier molecular flexibility index (Phi) is 3.04. The second-order valence-corrected chi connectivity index (χ2v) is 5.90. The van der Waals surface area contributed by atoms with Crippen molar-refractivity contribution in [2.24, 2.45) is 5.14 Å². The van der Waals surface area contributed by atoms with Crippen molar-refractivity contribution in [2.45, 2.75) is 10.8 Å². The highest BCUT2D eigenvalue weighted by atomic mass is 32.2. The largest absolute Gasteiger partial charge is 0.492 e. The van der Waals surface area contributed by atoms with Crippen molar-refractivity contribution in [3.8, 4) is 5.75 Å². The quantitative estimate of drug-likeness (QED) is 0.812. The highest BCUT2D eigenvalue weighted by Crippen LogP contribution is 2.36. The summed E-state index contributed by atoms with van der Waals surface area (Å²) in [6, 6.07) is 4.30. The summed E-state index contributed by atoms with van der Waals surface area (Å²) in [4.78, 5) is 13.4. The molecule has 1 heterocycles. The van der Waals surface area contributed by atoms with Crippen LogP contribution >= 0.6 is 0 Å². The fourth-order valence-electron chi connectivity index (χ4n) is 1.89. The SMILES string of the molecule is CN(C)C(=O)C1COc2ccc(S(N)(=O)=O)cc21. The lowest BCUT2D eigenvalue weighted by Crippen LogP contribution is -2.29. The van der Waals surface area contributed by atoms with Gasteiger partial charge in [-0.3, -0.25) is 4.79 Å². The molecule has 1 aliphatic rings. The maximum Gasteiger partial charge on any atom is 0.238 e. The second kappa shape index (κ2) is 4.25. The Labute approximate surface area is 105 Å². The molecule has 0 radical (unpaired) electrons. The van der Waals surface area contributed by atoms with Gasteiger partial charge in [-0.15, -0.1) is 0 Å². The third kappa shape index (κ3) is 2.19. The van der Waals surface area contributed by atoms with Crippen LogP contribution in [-0.4, -0.2) is 39.9 Å². The van der Waals surface area contributed by atoms with Crippen LogP contribution in [0.5, 0.6) is 5.75 Å². The Morgan fingerprint density at radius 2 is 2.11 bits per heavy atom. The van der Waals surface area contributed by atoms with Gasteiger partial charge in [0.1, 0.15) is 18.3 Å². The minimum atomic E-state index is -3.77. The summed E-state index contributed by atoms with van der Waals surface area (Å²) in [5.41, 5.74) is 0.570. The van der Waals surface area contributed by atoms with Crippen LogP contribution in [-0.2, 0) is 14.8 Å². The molecule has 1 aromatic rings. The smallest absolute Gasteiger partial charge is 0.238 e. The summed E-state index contributed by atoms with van der Waals surface area (Å²) in [5.74, 6) is -0.0698. The van der Waals surface area contributed by atoms with E-state index in [0.29, 0.717) is 11.3 Å². The number of carbonyl (C=O) groups is 1. The Morgan fingerprint density at radius 3 is 2.67 bits per heavy atom. The molecule has 6 nitrogen and oxygen atoms in total. The van der Waals surface area contributed by atoms with E-state index < -0.39 is 15.9 Å². The standard InChI is InChI=1S/C11H14N2O4S/c1-13(2)11(14)9-6-17-10-4-3-7(5-8(9)10)18(12,15)16/h3-5,9H,6H2,1-2H3,(H2,12,15,16). The number of likely N-dealkylation sites (N-methyl/N-ethyl adjacent to an activating group) is 1. The number of primary sulfonamides is 1. The molecule has 98 valence electrons. The number of rotatable bonds is 2. The van der Waals surface area contributed by atoms with Crippen LogP contribution in [0, 0.1) is 0 Å². The Morgan fingerprint density at radius 1 is 1.44 bits per heavy atom. The van der Waals surface area contributed by atoms with Crippen LogP contribution in [0.25, 0.3) is 0 Å². The van der Waals surface area contributed by atoms with E-state index >= 15 is 0 Å². The Balaban J connectivity index is 2.46. The van der Waals surface area contributed by atoms with Crippen molar-refractivity contribution in [3.63, 3.8) is 0 Å². The van der Waals surface area contributed by atoms with Gasteiger partial charge in [-0.1, -0.05) is 0 Å². The number of benzene rings is 1. The molecule has 1 amide bonds. The second-order valence-electron chi connectivity index (χ2n) is 4.34. The van der Waals surface area contributed by atoms with E-state index in [-0.39, 0.29) is 17.4 Å². The predicted molar refractivity (Wildman–Crippen MR) is 64.7 cm³/mol. The monoisotopic (exact) mass is 270 g/mol. The summed E-state index contributed by atoms with van der Waals surface area (Å²) in [7, 11) is -0.489. The minimum absolute atomic E-state index is 0.0108. The molecule has 7 heteroatoms. The van der Waals surface area contributed by atoms with E-state index in [9.17, 15) is 13.2 Å². The summed E-state index contributed by atoms with van der Waals surface area (Å²) < 4.78 is 27.9. The van der Waals surface area contributed by atoms with Gasteiger partial charge in [-0.2, -0.15) is 0 Å². The Hall–Kier alpha value is -1.60. The van der Waals surface area contributed by atoms with Crippen molar-refractivity contribution in [1.82, 2.24) is 4.90 Å². The third-order valence-corrected chi connectivity index (χ3v) is 3.74. The molecule has 2 rings (SSSR count). The minimum Gasteiger partial charge on any atom is -0.492 e. The maximum atomic E-state index is 11.9. The number of nitrogens with zero attached hydrogens (tertiary/aromatic N) is 1. The molecule has 0 saturated carbocycles. The molecular formula is C11H14N2O4S. The average Bonchev–Trinajstić information content (AvgIpc) is 2.69. The summed E-state index contributed by atoms with van der Waals surface area (Å²) in [6.45, 7) is 0.223. The first-order valence-corrected chi connectivity index (χ1v) is 6.86. The lowest BCUT2D eigenvalue weighted by Gasteiger charge is -2.15. The number of amides is 1. The molecule has 0 saturated heterocycles. The van der Waals surface area contributed by atoms with Gasteiger partial charge < -0.3 is 9.64 Å². The zero-order valence-corrected chi connectivity index (χ0v) is 10.9. The van der Waals surface area contributed by atoms with Crippen molar-refractivity contribution >= 4 is 15.9 Å². The molecule has 2 N–H and O–H groups in total. The molecule has 1 unspecified atom stereocenters. The lowest BCUT2D eigenvalue weighted by atomic mass is 10.0. The van der Waals surface area contributed by atoms with Gasteiger partial charge >= 0.3 is 0 Å². The summed E-state index contributed by atoms with van der Waals surface area (Å²) in [5, 5.41) is 5.07. The maximum absolute atomic E-state index is 11.9. The van der Waals surface area contributed by atoms with Crippen molar-refractivity contribution in [1.29, 1.82) is 0 Å². The van der Waals surface area contributed by atoms with Crippen LogP contribution < -0.4 is 9.88 Å². The Bertz CT molecular complexity index is 595. The van der Waals surface area contributed by atoms with Crippen LogP contribution in [0.2, 0.25) is 0 Å². The zero-order valence-electron chi connectivity index (χ0n) is 10.1. The van der Waals surface area contributed by atoms with E-state index in [0.717, 1.165) is 0 Å². The number of nitrogens with two attached hydrogens (primary N) is 1. The van der Waals surface area contributed by atoms with E-state index in [4.69, 9.17) is 9.88 Å². The van der Waals surface area contributed by atoms with Crippen LogP contribution in [0.4, 0.5) is 0 Å². The van der Waals surface area contributed by atoms with Crippen LogP contribution in [0.1, 0.15) is 11.5 Å². The van der Waals surface area contributed by atoms with Crippen LogP contribution in [0.3, 0.4) is 0 Å². The number of ether oxygens (including phenoxy) is 1. The number of sulfonamides is 1. The number of fused-ring (bicyclic) bond motifs is 1. The first-order valence-electron chi connectivity index (χ1n) is 5.31. The molecule has 1 aliphatic heterocycles. The van der Waals surface area contributed by atoms with Gasteiger partial charge in [-0.05, 0) is 18.2 Å². The topological polar surface area (TPSA) is 89.7 Å². The fourth-order valence-corrected chi connectivity index (χ4v) is 2.44. The average molecular weight is 270 g/mol. The molecule has 0 aliphatic carbocycles. The summed E-state index contributed by atoms with van der Waals surface area (Å²) >= 11 is 0. The van der Waals surface area contributed by atoms with E-state index in [1.165, 1.54) is 23.1 Å². The van der Waals surface area contributed by atoms with Gasteiger partial charge in [0, 0.05) is 19.7 Å². The van der Waals surface area contributed by atoms with Crippen LogP contribution in [0.15, 0.2) is 23.1 Å². The molecular weight excluding hydrogens is 256 g/mol. The normalized spacial score (nSPS) is 18.1. The third-order valence-electron chi connectivity index (χ3n) is 2.83. The zero-order chi connectivity index (χ0) is 13.5. The molecule has 0 bridgehead atoms. The predicted octanol–water partition coefficient (Wildman–Crippen LogP) is -0.102. The fraction of sp³-hybridized carbons (Fsp3) is 0.364. The van der Waals surface area contributed by atoms with Gasteiger partial charge in [0.2, 0.25) is 15.9 Å². The van der Waals surface area contributed by atoms with Crippen molar-refractivity contribution in [2.75, 3.05) is 20.7 Å². The van der Waals surface area contributed by atoms with Gasteiger partial charge in [0.05, 0.1) is 4.90 Å². The molecule has 1 atom stereocenters. The van der Waals surface area contributed by atoms with Gasteiger partial charge in [0.25, 0.3) is 0 Å². The van der Waals surface area contributed by atoms with Gasteiger partial charge in [0.15, 0.2) is 0 Å². The number of carbonyl (C=O) groups excluding carboxylic acids is 1. The van der Waals surface area contributed by atoms with Crippen molar-refractivity contribution < 1.29 is 17.9 Å². The van der Waals surface area contributed by atoms with Gasteiger partial charge in [-0.25, -0.2) is 13.6 Å². The van der Waals surface area contributed by atoms with E-state index in [2.05, 4.69) is 0 Å². The molecule has 1 aromatic carbocycles. The molecule has 0 aromatic heterocycles. The molecule has 18 heavy (non-hydrogen) atoms. The lowest BCUT2D eigenvalue weighted by molar-refractivity contribution is -0.130. The van der Waals surface area contributed by atoms with E-state index in [1.807, 2.05) is 0 Å². The first kappa shape index (κ1) is 12.8.